The van der Waals surface area contributed by atoms with Crippen LogP contribution in [0.3, 0.4) is 0 Å². The number of nitrogens with one attached hydrogen (secondary N) is 1. The predicted octanol–water partition coefficient (Wildman–Crippen LogP) is 3.32. The molecule has 0 fully saturated rings. The third-order valence-electron chi connectivity index (χ3n) is 3.53. The molecule has 1 aliphatic heterocycles. The quantitative estimate of drug-likeness (QED) is 0.887. The number of aromatic nitrogens is 4. The fourth-order valence-corrected chi connectivity index (χ4v) is 3.52. The predicted molar refractivity (Wildman–Crippen MR) is 87.3 cm³/mol. The van der Waals surface area contributed by atoms with Gasteiger partial charge in [-0.15, -0.1) is 0 Å². The van der Waals surface area contributed by atoms with Gasteiger partial charge in [0.1, 0.15) is 11.5 Å². The summed E-state index contributed by atoms with van der Waals surface area (Å²) in [5, 5.41) is 3.45. The van der Waals surface area contributed by atoms with Gasteiger partial charge in [-0.25, -0.2) is 15.0 Å². The molecule has 21 heavy (non-hydrogen) atoms. The first kappa shape index (κ1) is 14.4. The van der Waals surface area contributed by atoms with Gasteiger partial charge < -0.3 is 9.88 Å². The molecule has 0 saturated heterocycles. The molecule has 1 aliphatic rings. The first-order valence-electron chi connectivity index (χ1n) is 7.55. The van der Waals surface area contributed by atoms with Crippen LogP contribution in [0, 0.1) is 0 Å². The number of fused-ring (bicyclic) bond motifs is 1. The number of hydrogen-bond acceptors (Lipinski definition) is 5. The van der Waals surface area contributed by atoms with E-state index in [1.165, 1.54) is 11.3 Å². The van der Waals surface area contributed by atoms with E-state index in [2.05, 4.69) is 28.7 Å². The Bertz CT molecular complexity index is 623. The summed E-state index contributed by atoms with van der Waals surface area (Å²) >= 11 is 1.91. The van der Waals surface area contributed by atoms with Gasteiger partial charge in [-0.05, 0) is 12.8 Å². The Morgan fingerprint density at radius 1 is 1.24 bits per heavy atom. The van der Waals surface area contributed by atoms with Crippen LogP contribution in [-0.2, 0) is 18.1 Å². The number of aryl methyl sites for hydroxylation is 1. The molecule has 5 nitrogen and oxygen atoms in total. The van der Waals surface area contributed by atoms with Crippen LogP contribution in [0.25, 0.3) is 11.5 Å². The number of hydrogen-bond donors (Lipinski definition) is 1. The van der Waals surface area contributed by atoms with Crippen molar-refractivity contribution in [3.63, 3.8) is 0 Å². The van der Waals surface area contributed by atoms with Gasteiger partial charge >= 0.3 is 0 Å². The lowest BCUT2D eigenvalue weighted by molar-refractivity contribution is 0.681. The maximum atomic E-state index is 4.77. The van der Waals surface area contributed by atoms with E-state index in [-0.39, 0.29) is 0 Å². The first-order chi connectivity index (χ1) is 10.3. The Morgan fingerprint density at radius 2 is 2.14 bits per heavy atom. The Hall–Kier alpha value is -1.56. The molecule has 2 aromatic rings. The smallest absolute Gasteiger partial charge is 0.180 e. The zero-order valence-corrected chi connectivity index (χ0v) is 13.4. The maximum absolute atomic E-state index is 4.77. The van der Waals surface area contributed by atoms with Crippen LogP contribution >= 0.6 is 11.8 Å². The van der Waals surface area contributed by atoms with E-state index in [1.54, 1.807) is 0 Å². The van der Waals surface area contributed by atoms with Crippen LogP contribution in [0.15, 0.2) is 12.5 Å². The molecule has 0 radical (unpaired) electrons. The lowest BCUT2D eigenvalue weighted by atomic mass is 10.2. The topological polar surface area (TPSA) is 55.6 Å². The maximum Gasteiger partial charge on any atom is 0.180 e. The summed E-state index contributed by atoms with van der Waals surface area (Å²) in [5.74, 6) is 3.79. The molecule has 3 heterocycles. The van der Waals surface area contributed by atoms with Crippen molar-refractivity contribution >= 4 is 17.6 Å². The monoisotopic (exact) mass is 303 g/mol. The lowest BCUT2D eigenvalue weighted by Gasteiger charge is -2.12. The molecule has 0 atom stereocenters. The van der Waals surface area contributed by atoms with Crippen molar-refractivity contribution in [3.8, 4) is 11.5 Å². The Balaban J connectivity index is 2.00. The van der Waals surface area contributed by atoms with Crippen LogP contribution in [0.4, 0.5) is 5.82 Å². The first-order valence-corrected chi connectivity index (χ1v) is 8.70. The van der Waals surface area contributed by atoms with Crippen molar-refractivity contribution in [2.24, 2.45) is 0 Å². The van der Waals surface area contributed by atoms with Gasteiger partial charge in [-0.1, -0.05) is 13.8 Å². The summed E-state index contributed by atoms with van der Waals surface area (Å²) in [4.78, 5) is 13.8. The molecule has 0 aromatic carbocycles. The number of anilines is 1. The van der Waals surface area contributed by atoms with Gasteiger partial charge in [0.05, 0.1) is 18.2 Å². The van der Waals surface area contributed by atoms with Crippen LogP contribution in [0.5, 0.6) is 0 Å². The van der Waals surface area contributed by atoms with E-state index in [0.717, 1.165) is 54.8 Å². The van der Waals surface area contributed by atoms with Crippen LogP contribution in [0.2, 0.25) is 0 Å². The average molecular weight is 303 g/mol. The Labute approximate surface area is 129 Å². The number of imidazole rings is 1. The van der Waals surface area contributed by atoms with Crippen LogP contribution < -0.4 is 5.32 Å². The number of thioether (sulfide) groups is 1. The van der Waals surface area contributed by atoms with Crippen molar-refractivity contribution in [1.82, 2.24) is 19.5 Å². The van der Waals surface area contributed by atoms with Crippen molar-refractivity contribution in [2.45, 2.75) is 44.7 Å². The Kier molecular flexibility index (Phi) is 4.43. The van der Waals surface area contributed by atoms with Gasteiger partial charge in [0.15, 0.2) is 5.82 Å². The molecular formula is C15H21N5S. The molecule has 0 aliphatic carbocycles. The van der Waals surface area contributed by atoms with E-state index in [1.807, 2.05) is 24.3 Å². The van der Waals surface area contributed by atoms with Gasteiger partial charge in [-0.3, -0.25) is 0 Å². The largest absolute Gasteiger partial charge is 0.370 e. The molecule has 0 unspecified atom stereocenters. The SMILES string of the molecule is CCCNc1nc(-c2cncn2CCC)nc2c1CSC2. The fraction of sp³-hybridized carbons (Fsp3) is 0.533. The summed E-state index contributed by atoms with van der Waals surface area (Å²) in [6.07, 6.45) is 5.90. The van der Waals surface area contributed by atoms with Crippen molar-refractivity contribution < 1.29 is 0 Å². The average Bonchev–Trinajstić information content (AvgIpc) is 3.13. The van der Waals surface area contributed by atoms with E-state index in [9.17, 15) is 0 Å². The van der Waals surface area contributed by atoms with Crippen molar-refractivity contribution in [3.05, 3.63) is 23.8 Å². The summed E-state index contributed by atoms with van der Waals surface area (Å²) in [6.45, 7) is 6.22. The number of nitrogens with zero attached hydrogens (tertiary/aromatic N) is 4. The fourth-order valence-electron chi connectivity index (χ4n) is 2.48. The summed E-state index contributed by atoms with van der Waals surface area (Å²) in [7, 11) is 0. The Morgan fingerprint density at radius 3 is 2.95 bits per heavy atom. The third-order valence-corrected chi connectivity index (χ3v) is 4.50. The molecule has 112 valence electrons. The molecular weight excluding hydrogens is 282 g/mol. The van der Waals surface area contributed by atoms with Gasteiger partial charge in [0.25, 0.3) is 0 Å². The molecule has 0 amide bonds. The molecule has 0 bridgehead atoms. The van der Waals surface area contributed by atoms with Crippen LogP contribution in [-0.4, -0.2) is 26.1 Å². The standard InChI is InChI=1S/C15H21N5S/c1-3-5-17-14-11-8-21-9-12(11)18-15(19-14)13-7-16-10-20(13)6-4-2/h7,10H,3-6,8-9H2,1-2H3,(H,17,18,19). The molecule has 0 saturated carbocycles. The summed E-state index contributed by atoms with van der Waals surface area (Å²) in [6, 6.07) is 0. The summed E-state index contributed by atoms with van der Waals surface area (Å²) < 4.78 is 2.13. The zero-order valence-electron chi connectivity index (χ0n) is 12.6. The molecule has 0 spiro atoms. The van der Waals surface area contributed by atoms with Crippen molar-refractivity contribution in [1.29, 1.82) is 0 Å². The second-order valence-electron chi connectivity index (χ2n) is 5.21. The molecule has 2 aromatic heterocycles. The highest BCUT2D eigenvalue weighted by Crippen LogP contribution is 2.34. The lowest BCUT2D eigenvalue weighted by Crippen LogP contribution is -2.09. The van der Waals surface area contributed by atoms with Crippen LogP contribution in [0.1, 0.15) is 37.9 Å². The second-order valence-corrected chi connectivity index (χ2v) is 6.20. The van der Waals surface area contributed by atoms with E-state index < -0.39 is 0 Å². The molecule has 3 rings (SSSR count). The highest BCUT2D eigenvalue weighted by Gasteiger charge is 2.21. The molecule has 6 heteroatoms. The normalized spacial score (nSPS) is 13.4. The van der Waals surface area contributed by atoms with Gasteiger partial charge in [0, 0.05) is 30.2 Å². The molecule has 1 N–H and O–H groups in total. The van der Waals surface area contributed by atoms with Gasteiger partial charge in [-0.2, -0.15) is 11.8 Å². The zero-order chi connectivity index (χ0) is 14.7. The van der Waals surface area contributed by atoms with E-state index in [4.69, 9.17) is 9.97 Å². The van der Waals surface area contributed by atoms with Crippen molar-refractivity contribution in [2.75, 3.05) is 11.9 Å². The van der Waals surface area contributed by atoms with E-state index in [0.29, 0.717) is 0 Å². The van der Waals surface area contributed by atoms with Gasteiger partial charge in [0.2, 0.25) is 0 Å². The minimum absolute atomic E-state index is 0.792. The minimum atomic E-state index is 0.792. The summed E-state index contributed by atoms with van der Waals surface area (Å²) in [5.41, 5.74) is 3.46. The number of rotatable bonds is 6. The highest BCUT2D eigenvalue weighted by atomic mass is 32.2. The minimum Gasteiger partial charge on any atom is -0.370 e. The van der Waals surface area contributed by atoms with E-state index >= 15 is 0 Å². The third kappa shape index (κ3) is 2.90. The highest BCUT2D eigenvalue weighted by molar-refractivity contribution is 7.98. The second kappa shape index (κ2) is 6.47.